The summed E-state index contributed by atoms with van der Waals surface area (Å²) in [5, 5.41) is 4.68. The molecule has 26 heavy (non-hydrogen) atoms. The summed E-state index contributed by atoms with van der Waals surface area (Å²) in [5.41, 5.74) is 7.32. The molecule has 0 fully saturated rings. The Kier molecular flexibility index (Phi) is 5.43. The molecule has 0 saturated heterocycles. The predicted octanol–water partition coefficient (Wildman–Crippen LogP) is 3.84. The maximum atomic E-state index is 13.2. The predicted molar refractivity (Wildman–Crippen MR) is 102 cm³/mol. The van der Waals surface area contributed by atoms with Crippen molar-refractivity contribution in [2.45, 2.75) is 13.3 Å². The van der Waals surface area contributed by atoms with E-state index >= 15 is 0 Å². The van der Waals surface area contributed by atoms with Crippen molar-refractivity contribution in [3.05, 3.63) is 57.5 Å². The van der Waals surface area contributed by atoms with Crippen molar-refractivity contribution in [1.82, 2.24) is 4.98 Å². The number of aromatic nitrogens is 1. The zero-order chi connectivity index (χ0) is 18.7. The Labute approximate surface area is 157 Å². The fourth-order valence-electron chi connectivity index (χ4n) is 2.42. The Balaban J connectivity index is 1.94. The lowest BCUT2D eigenvalue weighted by Crippen LogP contribution is -2.34. The Bertz CT molecular complexity index is 921. The monoisotopic (exact) mass is 389 g/mol. The number of hydrogen-bond acceptors (Lipinski definition) is 5. The molecule has 0 spiro atoms. The molecule has 0 aliphatic heterocycles. The van der Waals surface area contributed by atoms with E-state index in [2.05, 4.69) is 4.98 Å². The number of hydrogen-bond donors (Lipinski definition) is 1. The van der Waals surface area contributed by atoms with Crippen molar-refractivity contribution in [2.75, 3.05) is 11.4 Å². The number of benzene rings is 1. The minimum atomic E-state index is -0.509. The summed E-state index contributed by atoms with van der Waals surface area (Å²) in [7, 11) is 0. The topological polar surface area (TPSA) is 76.3 Å². The summed E-state index contributed by atoms with van der Waals surface area (Å²) in [6, 6.07) is 7.50. The highest BCUT2D eigenvalue weighted by Crippen LogP contribution is 2.31. The van der Waals surface area contributed by atoms with Gasteiger partial charge in [0.25, 0.3) is 5.91 Å². The van der Waals surface area contributed by atoms with Crippen LogP contribution in [0, 0.1) is 12.7 Å². The van der Waals surface area contributed by atoms with Gasteiger partial charge in [-0.3, -0.25) is 9.59 Å². The van der Waals surface area contributed by atoms with Crippen LogP contribution in [-0.2, 0) is 4.79 Å². The van der Waals surface area contributed by atoms with E-state index in [1.807, 2.05) is 16.8 Å². The first-order chi connectivity index (χ1) is 12.5. The lowest BCUT2D eigenvalue weighted by atomic mass is 10.2. The minimum absolute atomic E-state index is 0.0123. The molecule has 5 nitrogen and oxygen atoms in total. The number of amides is 2. The summed E-state index contributed by atoms with van der Waals surface area (Å²) in [6.07, 6.45) is 0.0123. The van der Waals surface area contributed by atoms with Gasteiger partial charge in [0.15, 0.2) is 0 Å². The molecule has 2 heterocycles. The molecule has 0 unspecified atom stereocenters. The second-order valence-corrected chi connectivity index (χ2v) is 7.37. The average Bonchev–Trinajstić information content (AvgIpc) is 3.25. The van der Waals surface area contributed by atoms with Gasteiger partial charge < -0.3 is 10.6 Å². The van der Waals surface area contributed by atoms with Crippen molar-refractivity contribution in [2.24, 2.45) is 5.73 Å². The third-order valence-electron chi connectivity index (χ3n) is 3.72. The molecule has 0 atom stereocenters. The van der Waals surface area contributed by atoms with Crippen LogP contribution in [0.4, 0.5) is 10.1 Å². The molecule has 134 valence electrons. The summed E-state index contributed by atoms with van der Waals surface area (Å²) in [4.78, 5) is 30.7. The number of nitrogens with zero attached hydrogens (tertiary/aromatic N) is 2. The number of carbonyl (C=O) groups is 2. The summed E-state index contributed by atoms with van der Waals surface area (Å²) >= 11 is 2.86. The van der Waals surface area contributed by atoms with Crippen LogP contribution in [0.1, 0.15) is 21.8 Å². The van der Waals surface area contributed by atoms with Gasteiger partial charge in [0.2, 0.25) is 5.91 Å². The number of halogens is 1. The number of thiophene rings is 1. The van der Waals surface area contributed by atoms with E-state index in [-0.39, 0.29) is 18.9 Å². The quantitative estimate of drug-likeness (QED) is 0.696. The highest BCUT2D eigenvalue weighted by Gasteiger charge is 2.24. The molecule has 1 aromatic carbocycles. The number of carbonyl (C=O) groups excluding carboxylic acids is 2. The zero-order valence-electron chi connectivity index (χ0n) is 13.9. The van der Waals surface area contributed by atoms with Gasteiger partial charge in [-0.1, -0.05) is 0 Å². The second-order valence-electron chi connectivity index (χ2n) is 5.60. The van der Waals surface area contributed by atoms with E-state index in [9.17, 15) is 14.0 Å². The lowest BCUT2D eigenvalue weighted by Gasteiger charge is -2.22. The van der Waals surface area contributed by atoms with E-state index in [1.165, 1.54) is 40.5 Å². The SMILES string of the molecule is Cc1nc(-c2ccsc2)sc1C(=O)N(CCC(N)=O)c1ccc(F)cc1. The summed E-state index contributed by atoms with van der Waals surface area (Å²) in [5.74, 6) is -1.19. The molecule has 0 bridgehead atoms. The van der Waals surface area contributed by atoms with Gasteiger partial charge in [0.1, 0.15) is 15.7 Å². The fraction of sp³-hybridized carbons (Fsp3) is 0.167. The Morgan fingerprint density at radius 3 is 2.58 bits per heavy atom. The van der Waals surface area contributed by atoms with Crippen molar-refractivity contribution >= 4 is 40.2 Å². The van der Waals surface area contributed by atoms with Crippen LogP contribution in [0.5, 0.6) is 0 Å². The highest BCUT2D eigenvalue weighted by atomic mass is 32.1. The Morgan fingerprint density at radius 2 is 1.96 bits per heavy atom. The van der Waals surface area contributed by atoms with E-state index in [0.717, 1.165) is 10.6 Å². The second kappa shape index (κ2) is 7.76. The number of primary amides is 1. The molecule has 8 heteroatoms. The van der Waals surface area contributed by atoms with Crippen LogP contribution < -0.4 is 10.6 Å². The molecular formula is C18H16FN3O2S2. The number of anilines is 1. The van der Waals surface area contributed by atoms with Gasteiger partial charge in [-0.15, -0.1) is 11.3 Å². The van der Waals surface area contributed by atoms with Crippen LogP contribution in [0.25, 0.3) is 10.6 Å². The van der Waals surface area contributed by atoms with E-state index < -0.39 is 11.7 Å². The fourth-order valence-corrected chi connectivity index (χ4v) is 4.14. The van der Waals surface area contributed by atoms with E-state index in [0.29, 0.717) is 16.3 Å². The molecule has 3 rings (SSSR count). The van der Waals surface area contributed by atoms with E-state index in [1.54, 1.807) is 18.3 Å². The largest absolute Gasteiger partial charge is 0.370 e. The first-order valence-corrected chi connectivity index (χ1v) is 9.57. The maximum Gasteiger partial charge on any atom is 0.270 e. The van der Waals surface area contributed by atoms with Crippen LogP contribution in [0.2, 0.25) is 0 Å². The van der Waals surface area contributed by atoms with Crippen molar-refractivity contribution in [3.63, 3.8) is 0 Å². The van der Waals surface area contributed by atoms with Gasteiger partial charge in [-0.2, -0.15) is 11.3 Å². The summed E-state index contributed by atoms with van der Waals surface area (Å²) < 4.78 is 13.2. The number of thiazole rings is 1. The Hall–Kier alpha value is -2.58. The van der Waals surface area contributed by atoms with Crippen LogP contribution >= 0.6 is 22.7 Å². The molecule has 2 N–H and O–H groups in total. The molecular weight excluding hydrogens is 373 g/mol. The number of nitrogens with two attached hydrogens (primary N) is 1. The third-order valence-corrected chi connectivity index (χ3v) is 5.60. The highest BCUT2D eigenvalue weighted by molar-refractivity contribution is 7.17. The van der Waals surface area contributed by atoms with Crippen LogP contribution in [0.15, 0.2) is 41.1 Å². The van der Waals surface area contributed by atoms with E-state index in [4.69, 9.17) is 5.73 Å². The summed E-state index contributed by atoms with van der Waals surface area (Å²) in [6.45, 7) is 1.89. The van der Waals surface area contributed by atoms with Gasteiger partial charge in [0, 0.05) is 29.6 Å². The van der Waals surface area contributed by atoms with Crippen LogP contribution in [-0.4, -0.2) is 23.3 Å². The Morgan fingerprint density at radius 1 is 1.23 bits per heavy atom. The first-order valence-electron chi connectivity index (χ1n) is 7.81. The van der Waals surface area contributed by atoms with Gasteiger partial charge in [-0.25, -0.2) is 9.37 Å². The van der Waals surface area contributed by atoms with Crippen molar-refractivity contribution < 1.29 is 14.0 Å². The normalized spacial score (nSPS) is 10.7. The zero-order valence-corrected chi connectivity index (χ0v) is 15.6. The van der Waals surface area contributed by atoms with Gasteiger partial charge in [0.05, 0.1) is 5.69 Å². The molecule has 0 radical (unpaired) electrons. The standard InChI is InChI=1S/C18H16FN3O2S2/c1-11-16(26-17(21-11)12-7-9-25-10-12)18(24)22(8-6-15(20)23)14-4-2-13(19)3-5-14/h2-5,7,9-10H,6,8H2,1H3,(H2,20,23). The first kappa shape index (κ1) is 18.2. The molecule has 0 aliphatic rings. The van der Waals surface area contributed by atoms with Gasteiger partial charge in [-0.05, 0) is 42.6 Å². The smallest absolute Gasteiger partial charge is 0.270 e. The molecule has 2 aromatic heterocycles. The van der Waals surface area contributed by atoms with Crippen molar-refractivity contribution in [3.8, 4) is 10.6 Å². The van der Waals surface area contributed by atoms with Crippen molar-refractivity contribution in [1.29, 1.82) is 0 Å². The average molecular weight is 389 g/mol. The van der Waals surface area contributed by atoms with Crippen LogP contribution in [0.3, 0.4) is 0 Å². The lowest BCUT2D eigenvalue weighted by molar-refractivity contribution is -0.117. The maximum absolute atomic E-state index is 13.2. The van der Waals surface area contributed by atoms with Gasteiger partial charge >= 0.3 is 0 Å². The third kappa shape index (κ3) is 3.97. The number of rotatable bonds is 6. The molecule has 0 aliphatic carbocycles. The minimum Gasteiger partial charge on any atom is -0.370 e. The number of aryl methyl sites for hydroxylation is 1. The molecule has 0 saturated carbocycles. The molecule has 2 amide bonds. The molecule has 3 aromatic rings.